The topological polar surface area (TPSA) is 104 Å². The van der Waals surface area contributed by atoms with Crippen molar-refractivity contribution in [3.8, 4) is 0 Å². The normalized spacial score (nSPS) is 17.4. The van der Waals surface area contributed by atoms with Crippen LogP contribution in [0.5, 0.6) is 0 Å². The van der Waals surface area contributed by atoms with Crippen LogP contribution in [0.1, 0.15) is 32.8 Å². The second-order valence-electron chi connectivity index (χ2n) is 8.17. The maximum Gasteiger partial charge on any atom is 0.308 e. The van der Waals surface area contributed by atoms with Gasteiger partial charge in [-0.25, -0.2) is 8.42 Å². The monoisotopic (exact) mass is 416 g/mol. The molecule has 2 aromatic carbocycles. The number of carboxylic acid groups (broad SMARTS) is 1. The summed E-state index contributed by atoms with van der Waals surface area (Å²) in [5.41, 5.74) is 2.01. The Morgan fingerprint density at radius 3 is 2.14 bits per heavy atom. The standard InChI is InChI=1S/C21H24N2O5S/c1-21(2,3)15-4-6-16(7-5-15)22-29(27,28)18-10-8-17(9-11-18)23-13-14(20(25)26)12-19(23)24/h4-11,14,22H,12-13H2,1-3H3,(H,25,26). The molecule has 3 rings (SSSR count). The van der Waals surface area contributed by atoms with E-state index in [2.05, 4.69) is 25.5 Å². The Morgan fingerprint density at radius 2 is 1.66 bits per heavy atom. The number of sulfonamides is 1. The second-order valence-corrected chi connectivity index (χ2v) is 9.85. The molecule has 1 saturated heterocycles. The number of nitrogens with one attached hydrogen (secondary N) is 1. The van der Waals surface area contributed by atoms with Crippen molar-refractivity contribution in [2.24, 2.45) is 5.92 Å². The Bertz CT molecular complexity index is 1020. The second kappa shape index (κ2) is 7.51. The van der Waals surface area contributed by atoms with E-state index in [1.165, 1.54) is 29.2 Å². The molecule has 2 N–H and O–H groups in total. The molecule has 29 heavy (non-hydrogen) atoms. The predicted octanol–water partition coefficient (Wildman–Crippen LogP) is 3.22. The molecule has 1 fully saturated rings. The third kappa shape index (κ3) is 4.59. The summed E-state index contributed by atoms with van der Waals surface area (Å²) < 4.78 is 27.9. The van der Waals surface area contributed by atoms with Crippen LogP contribution >= 0.6 is 0 Å². The molecule has 0 radical (unpaired) electrons. The van der Waals surface area contributed by atoms with Crippen LogP contribution in [0, 0.1) is 5.92 Å². The smallest absolute Gasteiger partial charge is 0.308 e. The summed E-state index contributed by atoms with van der Waals surface area (Å²) in [5, 5.41) is 9.08. The zero-order valence-corrected chi connectivity index (χ0v) is 17.4. The quantitative estimate of drug-likeness (QED) is 0.779. The lowest BCUT2D eigenvalue weighted by Gasteiger charge is -2.19. The van der Waals surface area contributed by atoms with Gasteiger partial charge in [0.1, 0.15) is 0 Å². The van der Waals surface area contributed by atoms with Gasteiger partial charge >= 0.3 is 5.97 Å². The summed E-state index contributed by atoms with van der Waals surface area (Å²) in [4.78, 5) is 24.6. The predicted molar refractivity (Wildman–Crippen MR) is 110 cm³/mol. The first-order valence-electron chi connectivity index (χ1n) is 9.24. The number of benzene rings is 2. The summed E-state index contributed by atoms with van der Waals surface area (Å²) in [5.74, 6) is -2.05. The molecule has 0 saturated carbocycles. The van der Waals surface area contributed by atoms with Gasteiger partial charge in [-0.2, -0.15) is 0 Å². The average molecular weight is 416 g/mol. The molecule has 1 atom stereocenters. The molecule has 0 aliphatic carbocycles. The summed E-state index contributed by atoms with van der Waals surface area (Å²) in [6, 6.07) is 13.1. The van der Waals surface area contributed by atoms with Gasteiger partial charge in [0.15, 0.2) is 0 Å². The van der Waals surface area contributed by atoms with Gasteiger partial charge in [-0.05, 0) is 47.4 Å². The van der Waals surface area contributed by atoms with Crippen LogP contribution in [0.25, 0.3) is 0 Å². The van der Waals surface area contributed by atoms with Crippen LogP contribution in [0.15, 0.2) is 53.4 Å². The number of amides is 1. The molecule has 7 nitrogen and oxygen atoms in total. The van der Waals surface area contributed by atoms with Crippen molar-refractivity contribution >= 4 is 33.3 Å². The third-order valence-electron chi connectivity index (χ3n) is 4.94. The molecule has 2 aromatic rings. The van der Waals surface area contributed by atoms with E-state index in [0.717, 1.165) is 5.56 Å². The average Bonchev–Trinajstić information content (AvgIpc) is 3.03. The lowest BCUT2D eigenvalue weighted by molar-refractivity contribution is -0.141. The van der Waals surface area contributed by atoms with Crippen LogP contribution in [0.2, 0.25) is 0 Å². The minimum Gasteiger partial charge on any atom is -0.481 e. The fourth-order valence-corrected chi connectivity index (χ4v) is 4.24. The van der Waals surface area contributed by atoms with E-state index in [1.54, 1.807) is 12.1 Å². The van der Waals surface area contributed by atoms with Crippen LogP contribution in [-0.2, 0) is 25.0 Å². The van der Waals surface area contributed by atoms with Gasteiger partial charge in [0, 0.05) is 24.3 Å². The highest BCUT2D eigenvalue weighted by atomic mass is 32.2. The summed E-state index contributed by atoms with van der Waals surface area (Å²) in [6.07, 6.45) is -0.0541. The molecule has 1 aliphatic heterocycles. The highest BCUT2D eigenvalue weighted by Gasteiger charge is 2.35. The van der Waals surface area contributed by atoms with Gasteiger partial charge in [0.2, 0.25) is 5.91 Å². The molecule has 8 heteroatoms. The number of carboxylic acids is 1. The lowest BCUT2D eigenvalue weighted by Crippen LogP contribution is -2.25. The van der Waals surface area contributed by atoms with Crippen molar-refractivity contribution in [1.82, 2.24) is 0 Å². The Hall–Kier alpha value is -2.87. The summed E-state index contributed by atoms with van der Waals surface area (Å²) in [7, 11) is -3.79. The van der Waals surface area contributed by atoms with E-state index in [9.17, 15) is 18.0 Å². The van der Waals surface area contributed by atoms with E-state index in [-0.39, 0.29) is 29.2 Å². The number of anilines is 2. The van der Waals surface area contributed by atoms with Gasteiger partial charge in [-0.1, -0.05) is 32.9 Å². The van der Waals surface area contributed by atoms with E-state index in [1.807, 2.05) is 12.1 Å². The van der Waals surface area contributed by atoms with E-state index in [4.69, 9.17) is 5.11 Å². The van der Waals surface area contributed by atoms with Gasteiger partial charge in [0.25, 0.3) is 10.0 Å². The number of carbonyl (C=O) groups excluding carboxylic acids is 1. The minimum absolute atomic E-state index is 0.0279. The first kappa shape index (κ1) is 20.9. The van der Waals surface area contributed by atoms with Crippen molar-refractivity contribution in [2.75, 3.05) is 16.2 Å². The van der Waals surface area contributed by atoms with Gasteiger partial charge in [-0.15, -0.1) is 0 Å². The van der Waals surface area contributed by atoms with Crippen LogP contribution in [0.4, 0.5) is 11.4 Å². The SMILES string of the molecule is CC(C)(C)c1ccc(NS(=O)(=O)c2ccc(N3CC(C(=O)O)CC3=O)cc2)cc1. The van der Waals surface area contributed by atoms with Crippen LogP contribution in [-0.4, -0.2) is 31.9 Å². The number of hydrogen-bond donors (Lipinski definition) is 2. The summed E-state index contributed by atoms with van der Waals surface area (Å²) >= 11 is 0. The highest BCUT2D eigenvalue weighted by molar-refractivity contribution is 7.92. The Kier molecular flexibility index (Phi) is 5.40. The molecule has 1 aliphatic rings. The van der Waals surface area contributed by atoms with E-state index >= 15 is 0 Å². The van der Waals surface area contributed by atoms with Crippen molar-refractivity contribution in [3.63, 3.8) is 0 Å². The van der Waals surface area contributed by atoms with Crippen LogP contribution in [0.3, 0.4) is 0 Å². The highest BCUT2D eigenvalue weighted by Crippen LogP contribution is 2.28. The van der Waals surface area contributed by atoms with Crippen molar-refractivity contribution in [3.05, 3.63) is 54.1 Å². The molecule has 1 unspecified atom stereocenters. The van der Waals surface area contributed by atoms with Crippen molar-refractivity contribution < 1.29 is 23.1 Å². The fraction of sp³-hybridized carbons (Fsp3) is 0.333. The Morgan fingerprint density at radius 1 is 1.07 bits per heavy atom. The number of nitrogens with zero attached hydrogens (tertiary/aromatic N) is 1. The Labute approximate surface area is 170 Å². The third-order valence-corrected chi connectivity index (χ3v) is 6.33. The van der Waals surface area contributed by atoms with Crippen molar-refractivity contribution in [2.45, 2.75) is 37.5 Å². The van der Waals surface area contributed by atoms with Crippen LogP contribution < -0.4 is 9.62 Å². The van der Waals surface area contributed by atoms with E-state index < -0.39 is 21.9 Å². The number of hydrogen-bond acceptors (Lipinski definition) is 4. The molecule has 0 bridgehead atoms. The molecular formula is C21H24N2O5S. The molecule has 1 amide bonds. The zero-order chi connectivity index (χ0) is 21.4. The van der Waals surface area contributed by atoms with E-state index in [0.29, 0.717) is 11.4 Å². The maximum atomic E-state index is 12.7. The maximum absolute atomic E-state index is 12.7. The van der Waals surface area contributed by atoms with Crippen molar-refractivity contribution in [1.29, 1.82) is 0 Å². The number of carbonyl (C=O) groups is 2. The number of rotatable bonds is 5. The lowest BCUT2D eigenvalue weighted by atomic mass is 9.87. The molecule has 154 valence electrons. The molecule has 1 heterocycles. The van der Waals surface area contributed by atoms with Gasteiger partial charge in [-0.3, -0.25) is 14.3 Å². The zero-order valence-electron chi connectivity index (χ0n) is 16.5. The molecule has 0 aromatic heterocycles. The number of aliphatic carboxylic acids is 1. The largest absolute Gasteiger partial charge is 0.481 e. The first-order valence-corrected chi connectivity index (χ1v) is 10.7. The van der Waals surface area contributed by atoms with Gasteiger partial charge < -0.3 is 10.0 Å². The first-order chi connectivity index (χ1) is 13.5. The molecular weight excluding hydrogens is 392 g/mol. The fourth-order valence-electron chi connectivity index (χ4n) is 3.18. The summed E-state index contributed by atoms with van der Waals surface area (Å²) in [6.45, 7) is 6.32. The van der Waals surface area contributed by atoms with Gasteiger partial charge in [0.05, 0.1) is 10.8 Å². The molecule has 0 spiro atoms. The Balaban J connectivity index is 1.75. The minimum atomic E-state index is -3.79.